The molecule has 30 heavy (non-hydrogen) atoms. The van der Waals surface area contributed by atoms with E-state index in [1.807, 2.05) is 86.9 Å². The highest BCUT2D eigenvalue weighted by atomic mass is 35.5. The lowest BCUT2D eigenvalue weighted by Gasteiger charge is -2.14. The number of hydrogen-bond donors (Lipinski definition) is 0. The molecule has 0 atom stereocenters. The van der Waals surface area contributed by atoms with Gasteiger partial charge in [-0.15, -0.1) is 0 Å². The molecule has 1 aromatic heterocycles. The minimum atomic E-state index is -0.107. The predicted octanol–water partition coefficient (Wildman–Crippen LogP) is 5.59. The third-order valence-electron chi connectivity index (χ3n) is 4.94. The second kappa shape index (κ2) is 8.74. The highest BCUT2D eigenvalue weighted by Gasteiger charge is 2.25. The molecule has 1 heterocycles. The van der Waals surface area contributed by atoms with Gasteiger partial charge in [-0.1, -0.05) is 60.1 Å². The number of fused-ring (bicyclic) bond motifs is 1. The minimum absolute atomic E-state index is 0.107. The summed E-state index contributed by atoms with van der Waals surface area (Å²) in [5, 5.41) is 1.42. The first-order chi connectivity index (χ1) is 14.6. The fourth-order valence-electron chi connectivity index (χ4n) is 3.49. The minimum Gasteiger partial charge on any atom is -0.489 e. The van der Waals surface area contributed by atoms with Crippen LogP contribution in [0.3, 0.4) is 0 Å². The molecule has 5 heteroatoms. The Morgan fingerprint density at radius 3 is 2.30 bits per heavy atom. The second-order valence-corrected chi connectivity index (χ2v) is 7.80. The van der Waals surface area contributed by atoms with Gasteiger partial charge in [0.1, 0.15) is 6.61 Å². The summed E-state index contributed by atoms with van der Waals surface area (Å²) in [4.78, 5) is 15.7. The van der Waals surface area contributed by atoms with Crippen molar-refractivity contribution in [3.63, 3.8) is 0 Å². The molecule has 0 unspecified atom stereocenters. The molecule has 0 aliphatic rings. The Hall–Kier alpha value is -3.08. The number of rotatable bonds is 6. The zero-order valence-corrected chi connectivity index (χ0v) is 17.8. The number of halogens is 1. The van der Waals surface area contributed by atoms with Gasteiger partial charge in [-0.25, -0.2) is 0 Å². The Balaban J connectivity index is 1.98. The molecular formula is C25H23ClN2O2. The SMILES string of the molecule is CN(C)CCOc1c(-c2ccccc2)n(C(=O)c2ccccc2)c2ccc(Cl)cc12. The van der Waals surface area contributed by atoms with Crippen LogP contribution in [-0.4, -0.2) is 42.6 Å². The van der Waals surface area contributed by atoms with Gasteiger partial charge in [-0.05, 0) is 44.4 Å². The van der Waals surface area contributed by atoms with Gasteiger partial charge in [0.05, 0.1) is 11.2 Å². The number of carbonyl (C=O) groups is 1. The molecule has 4 rings (SSSR count). The summed E-state index contributed by atoms with van der Waals surface area (Å²) < 4.78 is 8.00. The van der Waals surface area contributed by atoms with Gasteiger partial charge in [0.15, 0.2) is 5.75 Å². The van der Waals surface area contributed by atoms with E-state index in [0.717, 1.165) is 28.7 Å². The third-order valence-corrected chi connectivity index (χ3v) is 5.17. The molecule has 0 saturated carbocycles. The summed E-state index contributed by atoms with van der Waals surface area (Å²) in [5.74, 6) is 0.564. The summed E-state index contributed by atoms with van der Waals surface area (Å²) >= 11 is 6.32. The monoisotopic (exact) mass is 418 g/mol. The van der Waals surface area contributed by atoms with E-state index in [1.54, 1.807) is 10.6 Å². The first-order valence-corrected chi connectivity index (χ1v) is 10.2. The molecule has 3 aromatic carbocycles. The Morgan fingerprint density at radius 2 is 1.63 bits per heavy atom. The lowest BCUT2D eigenvalue weighted by atomic mass is 10.1. The maximum absolute atomic E-state index is 13.6. The number of benzene rings is 3. The van der Waals surface area contributed by atoms with E-state index in [-0.39, 0.29) is 5.91 Å². The smallest absolute Gasteiger partial charge is 0.262 e. The van der Waals surface area contributed by atoms with Gasteiger partial charge in [-0.3, -0.25) is 9.36 Å². The summed E-state index contributed by atoms with van der Waals surface area (Å²) in [6, 6.07) is 24.7. The van der Waals surface area contributed by atoms with E-state index < -0.39 is 0 Å². The predicted molar refractivity (Wildman–Crippen MR) is 123 cm³/mol. The first kappa shape index (κ1) is 20.2. The van der Waals surface area contributed by atoms with Gasteiger partial charge in [0.25, 0.3) is 5.91 Å². The number of nitrogens with zero attached hydrogens (tertiary/aromatic N) is 2. The van der Waals surface area contributed by atoms with Crippen molar-refractivity contribution in [3.05, 3.63) is 89.4 Å². The molecule has 0 aliphatic carbocycles. The molecule has 4 aromatic rings. The summed E-state index contributed by atoms with van der Waals surface area (Å²) in [5.41, 5.74) is 3.03. The zero-order valence-electron chi connectivity index (χ0n) is 17.0. The van der Waals surface area contributed by atoms with Crippen LogP contribution in [0.2, 0.25) is 5.02 Å². The normalized spacial score (nSPS) is 11.2. The largest absolute Gasteiger partial charge is 0.489 e. The van der Waals surface area contributed by atoms with E-state index in [4.69, 9.17) is 16.3 Å². The topological polar surface area (TPSA) is 34.5 Å². The zero-order chi connectivity index (χ0) is 21.1. The van der Waals surface area contributed by atoms with Gasteiger partial charge < -0.3 is 9.64 Å². The Labute approximate surface area is 181 Å². The molecule has 152 valence electrons. The second-order valence-electron chi connectivity index (χ2n) is 7.36. The van der Waals surface area contributed by atoms with E-state index in [0.29, 0.717) is 22.9 Å². The van der Waals surface area contributed by atoms with Crippen molar-refractivity contribution >= 4 is 28.4 Å². The van der Waals surface area contributed by atoms with Crippen LogP contribution in [-0.2, 0) is 0 Å². The van der Waals surface area contributed by atoms with Crippen molar-refractivity contribution in [2.24, 2.45) is 0 Å². The molecule has 0 radical (unpaired) electrons. The van der Waals surface area contributed by atoms with Crippen molar-refractivity contribution < 1.29 is 9.53 Å². The number of hydrogen-bond acceptors (Lipinski definition) is 3. The lowest BCUT2D eigenvalue weighted by Crippen LogP contribution is -2.19. The van der Waals surface area contributed by atoms with Gasteiger partial charge in [-0.2, -0.15) is 0 Å². The molecule has 0 N–H and O–H groups in total. The Morgan fingerprint density at radius 1 is 0.967 bits per heavy atom. The summed E-state index contributed by atoms with van der Waals surface area (Å²) in [6.07, 6.45) is 0. The van der Waals surface area contributed by atoms with Crippen LogP contribution in [0.1, 0.15) is 10.4 Å². The van der Waals surface area contributed by atoms with Gasteiger partial charge >= 0.3 is 0 Å². The van der Waals surface area contributed by atoms with Crippen LogP contribution in [0, 0.1) is 0 Å². The number of aromatic nitrogens is 1. The quantitative estimate of drug-likeness (QED) is 0.409. The van der Waals surface area contributed by atoms with Crippen molar-refractivity contribution in [2.45, 2.75) is 0 Å². The molecule has 0 amide bonds. The van der Waals surface area contributed by atoms with E-state index in [9.17, 15) is 4.79 Å². The van der Waals surface area contributed by atoms with Crippen LogP contribution < -0.4 is 4.74 Å². The Kier molecular flexibility index (Phi) is 5.88. The molecule has 0 saturated heterocycles. The fraction of sp³-hybridized carbons (Fsp3) is 0.160. The maximum atomic E-state index is 13.6. The molecule has 0 spiro atoms. The Bertz CT molecular complexity index is 1170. The lowest BCUT2D eigenvalue weighted by molar-refractivity contribution is 0.0966. The number of carbonyl (C=O) groups excluding carboxylic acids is 1. The number of likely N-dealkylation sites (N-methyl/N-ethyl adjacent to an activating group) is 1. The van der Waals surface area contributed by atoms with Crippen LogP contribution >= 0.6 is 11.6 Å². The van der Waals surface area contributed by atoms with Crippen molar-refractivity contribution in [1.29, 1.82) is 0 Å². The molecule has 0 fully saturated rings. The van der Waals surface area contributed by atoms with Gasteiger partial charge in [0, 0.05) is 28.1 Å². The van der Waals surface area contributed by atoms with Gasteiger partial charge in [0.2, 0.25) is 0 Å². The maximum Gasteiger partial charge on any atom is 0.262 e. The van der Waals surface area contributed by atoms with E-state index in [2.05, 4.69) is 4.90 Å². The average molecular weight is 419 g/mol. The first-order valence-electron chi connectivity index (χ1n) is 9.83. The standard InChI is InChI=1S/C25H23ClN2O2/c1-27(2)15-16-30-24-21-17-20(26)13-14-22(21)28(23(24)18-9-5-3-6-10-18)25(29)19-11-7-4-8-12-19/h3-14,17H,15-16H2,1-2H3. The van der Waals surface area contributed by atoms with Crippen molar-refractivity contribution in [2.75, 3.05) is 27.2 Å². The van der Waals surface area contributed by atoms with Crippen LogP contribution in [0.4, 0.5) is 0 Å². The molecule has 0 bridgehead atoms. The highest BCUT2D eigenvalue weighted by Crippen LogP contribution is 2.41. The molecule has 4 nitrogen and oxygen atoms in total. The molecule has 0 aliphatic heterocycles. The number of ether oxygens (including phenoxy) is 1. The fourth-order valence-corrected chi connectivity index (χ4v) is 3.66. The van der Waals surface area contributed by atoms with Crippen molar-refractivity contribution in [1.82, 2.24) is 9.47 Å². The highest BCUT2D eigenvalue weighted by molar-refractivity contribution is 6.31. The van der Waals surface area contributed by atoms with Crippen LogP contribution in [0.5, 0.6) is 5.75 Å². The summed E-state index contributed by atoms with van der Waals surface area (Å²) in [7, 11) is 4.00. The van der Waals surface area contributed by atoms with E-state index >= 15 is 0 Å². The summed E-state index contributed by atoms with van der Waals surface area (Å²) in [6.45, 7) is 1.26. The van der Waals surface area contributed by atoms with Crippen LogP contribution in [0.25, 0.3) is 22.2 Å². The average Bonchev–Trinajstić information content (AvgIpc) is 3.07. The van der Waals surface area contributed by atoms with Crippen molar-refractivity contribution in [3.8, 4) is 17.0 Å². The molecular weight excluding hydrogens is 396 g/mol. The van der Waals surface area contributed by atoms with Crippen LogP contribution in [0.15, 0.2) is 78.9 Å². The van der Waals surface area contributed by atoms with E-state index in [1.165, 1.54) is 0 Å². The third kappa shape index (κ3) is 3.97.